The van der Waals surface area contributed by atoms with Gasteiger partial charge in [0.25, 0.3) is 0 Å². The van der Waals surface area contributed by atoms with E-state index in [1.807, 2.05) is 4.57 Å². The van der Waals surface area contributed by atoms with Crippen LogP contribution in [0.15, 0.2) is 41.3 Å². The Balaban J connectivity index is 1.65. The summed E-state index contributed by atoms with van der Waals surface area (Å²) in [5, 5.41) is 11.0. The minimum absolute atomic E-state index is 0.0667. The van der Waals surface area contributed by atoms with Gasteiger partial charge in [0, 0.05) is 30.9 Å². The number of hydrogen-bond acceptors (Lipinski definition) is 5. The molecule has 1 aliphatic heterocycles. The number of nitrogens with zero attached hydrogens (tertiary/aromatic N) is 4. The molecule has 11 heteroatoms. The summed E-state index contributed by atoms with van der Waals surface area (Å²) < 4.78 is 20.8. The SMILES string of the molecule is O=C(Nc1ccc(F)c(Cl)c1)N(Cc1nnc2n1CCOCC2)c1cc[nH]c(=O)c1. The standard InChI is InChI=1S/C19H18ClFN6O3/c20-14-9-12(1-2-15(14)21)23-19(29)27(13-3-5-22-18(28)10-13)11-17-25-24-16-4-7-30-8-6-26(16)17/h1-3,5,9-10H,4,6-8,11H2,(H,22,28)(H,23,29). The molecule has 1 aliphatic rings. The third kappa shape index (κ3) is 4.34. The highest BCUT2D eigenvalue weighted by Gasteiger charge is 2.22. The Morgan fingerprint density at radius 3 is 2.97 bits per heavy atom. The van der Waals surface area contributed by atoms with Gasteiger partial charge in [0.15, 0.2) is 5.82 Å². The highest BCUT2D eigenvalue weighted by Crippen LogP contribution is 2.22. The number of urea groups is 1. The van der Waals surface area contributed by atoms with Crippen molar-refractivity contribution in [2.24, 2.45) is 0 Å². The first-order chi connectivity index (χ1) is 14.5. The third-order valence-corrected chi connectivity index (χ3v) is 4.91. The van der Waals surface area contributed by atoms with Crippen LogP contribution in [-0.2, 0) is 24.2 Å². The Morgan fingerprint density at radius 1 is 1.30 bits per heavy atom. The first-order valence-electron chi connectivity index (χ1n) is 9.22. The lowest BCUT2D eigenvalue weighted by atomic mass is 10.3. The van der Waals surface area contributed by atoms with Crippen LogP contribution in [0.2, 0.25) is 5.02 Å². The van der Waals surface area contributed by atoms with Gasteiger partial charge in [0.1, 0.15) is 11.6 Å². The molecule has 9 nitrogen and oxygen atoms in total. The van der Waals surface area contributed by atoms with E-state index in [1.54, 1.807) is 6.07 Å². The van der Waals surface area contributed by atoms with Gasteiger partial charge in [-0.2, -0.15) is 0 Å². The maximum absolute atomic E-state index is 13.4. The number of H-pyrrole nitrogens is 1. The van der Waals surface area contributed by atoms with Crippen molar-refractivity contribution in [1.82, 2.24) is 19.7 Å². The summed E-state index contributed by atoms with van der Waals surface area (Å²) in [6, 6.07) is 6.24. The van der Waals surface area contributed by atoms with E-state index >= 15 is 0 Å². The highest BCUT2D eigenvalue weighted by atomic mass is 35.5. The van der Waals surface area contributed by atoms with Crippen LogP contribution in [0.3, 0.4) is 0 Å². The third-order valence-electron chi connectivity index (χ3n) is 4.62. The molecule has 0 aliphatic carbocycles. The van der Waals surface area contributed by atoms with E-state index in [9.17, 15) is 14.0 Å². The number of aromatic amines is 1. The molecule has 0 atom stereocenters. The van der Waals surface area contributed by atoms with Crippen LogP contribution < -0.4 is 15.8 Å². The van der Waals surface area contributed by atoms with Crippen molar-refractivity contribution >= 4 is 29.0 Å². The number of rotatable bonds is 4. The molecule has 3 aromatic rings. The number of anilines is 2. The maximum atomic E-state index is 13.4. The van der Waals surface area contributed by atoms with Gasteiger partial charge in [0.05, 0.1) is 30.5 Å². The van der Waals surface area contributed by atoms with Gasteiger partial charge < -0.3 is 19.6 Å². The molecule has 0 unspecified atom stereocenters. The normalized spacial score (nSPS) is 13.4. The number of fused-ring (bicyclic) bond motifs is 1. The first-order valence-corrected chi connectivity index (χ1v) is 9.60. The van der Waals surface area contributed by atoms with Crippen molar-refractivity contribution in [3.63, 3.8) is 0 Å². The number of halogens is 2. The van der Waals surface area contributed by atoms with Crippen LogP contribution in [0.1, 0.15) is 11.6 Å². The Kier molecular flexibility index (Phi) is 5.77. The Bertz CT molecular complexity index is 1130. The monoisotopic (exact) mass is 432 g/mol. The van der Waals surface area contributed by atoms with Crippen molar-refractivity contribution in [1.29, 1.82) is 0 Å². The number of carbonyl (C=O) groups is 1. The van der Waals surface area contributed by atoms with Crippen LogP contribution in [0.25, 0.3) is 0 Å². The summed E-state index contributed by atoms with van der Waals surface area (Å²) in [5.41, 5.74) is 0.324. The van der Waals surface area contributed by atoms with Gasteiger partial charge in [-0.05, 0) is 24.3 Å². The van der Waals surface area contributed by atoms with Crippen molar-refractivity contribution < 1.29 is 13.9 Å². The van der Waals surface area contributed by atoms with Crippen LogP contribution in [0.4, 0.5) is 20.6 Å². The maximum Gasteiger partial charge on any atom is 0.326 e. The molecule has 0 spiro atoms. The quantitative estimate of drug-likeness (QED) is 0.659. The first kappa shape index (κ1) is 20.0. The van der Waals surface area contributed by atoms with Gasteiger partial charge in [-0.3, -0.25) is 9.69 Å². The van der Waals surface area contributed by atoms with Crippen LogP contribution in [0.5, 0.6) is 0 Å². The second-order valence-corrected chi connectivity index (χ2v) is 7.01. The Hall–Kier alpha value is -3.24. The molecule has 0 saturated carbocycles. The van der Waals surface area contributed by atoms with Gasteiger partial charge >= 0.3 is 6.03 Å². The summed E-state index contributed by atoms with van der Waals surface area (Å²) in [7, 11) is 0. The van der Waals surface area contributed by atoms with Crippen molar-refractivity contribution in [3.05, 3.63) is 69.4 Å². The summed E-state index contributed by atoms with van der Waals surface area (Å²) in [4.78, 5) is 28.8. The number of carbonyl (C=O) groups excluding carboxylic acids is 1. The topological polar surface area (TPSA) is 105 Å². The minimum atomic E-state index is -0.588. The Labute approximate surface area is 175 Å². The molecule has 30 heavy (non-hydrogen) atoms. The fraction of sp³-hybridized carbons (Fsp3) is 0.263. The van der Waals surface area contributed by atoms with E-state index in [1.165, 1.54) is 29.3 Å². The number of nitrogens with one attached hydrogen (secondary N) is 2. The number of hydrogen-bond donors (Lipinski definition) is 2. The molecule has 0 radical (unpaired) electrons. The fourth-order valence-electron chi connectivity index (χ4n) is 3.14. The smallest absolute Gasteiger partial charge is 0.326 e. The number of amides is 2. The second kappa shape index (κ2) is 8.64. The molecular formula is C19H18ClFN6O3. The van der Waals surface area contributed by atoms with E-state index in [4.69, 9.17) is 16.3 Å². The predicted octanol–water partition coefficient (Wildman–Crippen LogP) is 2.57. The number of benzene rings is 1. The number of aromatic nitrogens is 4. The molecule has 3 heterocycles. The van der Waals surface area contributed by atoms with Crippen LogP contribution >= 0.6 is 11.6 Å². The fourth-order valence-corrected chi connectivity index (χ4v) is 3.32. The zero-order valence-corrected chi connectivity index (χ0v) is 16.5. The van der Waals surface area contributed by atoms with Crippen molar-refractivity contribution in [2.75, 3.05) is 23.4 Å². The van der Waals surface area contributed by atoms with Gasteiger partial charge in [-0.25, -0.2) is 9.18 Å². The van der Waals surface area contributed by atoms with E-state index in [0.717, 1.165) is 11.9 Å². The van der Waals surface area contributed by atoms with Crippen molar-refractivity contribution in [3.8, 4) is 0 Å². The minimum Gasteiger partial charge on any atom is -0.379 e. The predicted molar refractivity (Wildman–Crippen MR) is 108 cm³/mol. The largest absolute Gasteiger partial charge is 0.379 e. The van der Waals surface area contributed by atoms with Crippen LogP contribution in [-0.4, -0.2) is 39.0 Å². The molecule has 4 rings (SSSR count). The van der Waals surface area contributed by atoms with Gasteiger partial charge in [-0.15, -0.1) is 10.2 Å². The summed E-state index contributed by atoms with van der Waals surface area (Å²) in [5.74, 6) is 0.747. The van der Waals surface area contributed by atoms with E-state index < -0.39 is 11.8 Å². The molecule has 2 amide bonds. The second-order valence-electron chi connectivity index (χ2n) is 6.60. The molecular weight excluding hydrogens is 415 g/mol. The number of ether oxygens (including phenoxy) is 1. The van der Waals surface area contributed by atoms with E-state index in [0.29, 0.717) is 43.4 Å². The molecule has 156 valence electrons. The molecule has 0 fully saturated rings. The Morgan fingerprint density at radius 2 is 2.17 bits per heavy atom. The molecule has 1 aromatic carbocycles. The number of pyridine rings is 1. The molecule has 2 aromatic heterocycles. The zero-order valence-electron chi connectivity index (χ0n) is 15.8. The van der Waals surface area contributed by atoms with Crippen LogP contribution in [0, 0.1) is 5.82 Å². The molecule has 0 bridgehead atoms. The highest BCUT2D eigenvalue weighted by molar-refractivity contribution is 6.31. The average molecular weight is 433 g/mol. The zero-order chi connectivity index (χ0) is 21.1. The average Bonchev–Trinajstić information content (AvgIpc) is 2.94. The lowest BCUT2D eigenvalue weighted by molar-refractivity contribution is 0.139. The molecule has 0 saturated heterocycles. The van der Waals surface area contributed by atoms with Gasteiger partial charge in [-0.1, -0.05) is 11.6 Å². The van der Waals surface area contributed by atoms with Crippen molar-refractivity contribution in [2.45, 2.75) is 19.5 Å². The van der Waals surface area contributed by atoms with E-state index in [2.05, 4.69) is 20.5 Å². The molecule has 2 N–H and O–H groups in total. The van der Waals surface area contributed by atoms with E-state index in [-0.39, 0.29) is 17.1 Å². The van der Waals surface area contributed by atoms with Gasteiger partial charge in [0.2, 0.25) is 5.56 Å². The summed E-state index contributed by atoms with van der Waals surface area (Å²) >= 11 is 5.81. The lowest BCUT2D eigenvalue weighted by Crippen LogP contribution is -2.36. The summed E-state index contributed by atoms with van der Waals surface area (Å²) in [6.07, 6.45) is 2.07. The lowest BCUT2D eigenvalue weighted by Gasteiger charge is -2.23. The summed E-state index contributed by atoms with van der Waals surface area (Å²) in [6.45, 7) is 1.71.